The van der Waals surface area contributed by atoms with E-state index in [1.165, 1.54) is 16.7 Å². The Hall–Kier alpha value is -1.80. The number of benzene rings is 2. The van der Waals surface area contributed by atoms with Gasteiger partial charge in [-0.15, -0.1) is 0 Å². The molecule has 0 aliphatic carbocycles. The van der Waals surface area contributed by atoms with E-state index in [0.29, 0.717) is 13.2 Å². The molecule has 0 heterocycles. The van der Waals surface area contributed by atoms with Crippen molar-refractivity contribution in [2.24, 2.45) is 5.73 Å². The first-order valence-corrected chi connectivity index (χ1v) is 5.80. The first kappa shape index (κ1) is 11.7. The molecule has 0 radical (unpaired) electrons. The Morgan fingerprint density at radius 1 is 1.06 bits per heavy atom. The molecule has 0 atom stereocenters. The molecule has 2 rings (SSSR count). The number of rotatable bonds is 4. The van der Waals surface area contributed by atoms with E-state index in [9.17, 15) is 0 Å². The molecule has 88 valence electrons. The highest BCUT2D eigenvalue weighted by molar-refractivity contribution is 5.68. The number of hydrogen-bond acceptors (Lipinski definition) is 2. The topological polar surface area (TPSA) is 35.2 Å². The summed E-state index contributed by atoms with van der Waals surface area (Å²) in [6, 6.07) is 16.4. The van der Waals surface area contributed by atoms with Crippen LogP contribution in [0.4, 0.5) is 0 Å². The van der Waals surface area contributed by atoms with Crippen LogP contribution >= 0.6 is 0 Å². The van der Waals surface area contributed by atoms with E-state index >= 15 is 0 Å². The predicted octanol–water partition coefficient (Wildman–Crippen LogP) is 3.00. The van der Waals surface area contributed by atoms with Crippen molar-refractivity contribution in [1.82, 2.24) is 0 Å². The molecule has 0 aromatic heterocycles. The monoisotopic (exact) mass is 227 g/mol. The second kappa shape index (κ2) is 5.51. The molecule has 0 aliphatic heterocycles. The molecular weight excluding hydrogens is 210 g/mol. The summed E-state index contributed by atoms with van der Waals surface area (Å²) in [5.41, 5.74) is 9.11. The Balaban J connectivity index is 2.30. The van der Waals surface area contributed by atoms with E-state index in [4.69, 9.17) is 10.5 Å². The van der Waals surface area contributed by atoms with Crippen LogP contribution in [0.3, 0.4) is 0 Å². The van der Waals surface area contributed by atoms with Crippen molar-refractivity contribution in [3.05, 3.63) is 54.1 Å². The Bertz CT molecular complexity index is 494. The highest BCUT2D eigenvalue weighted by Crippen LogP contribution is 2.26. The largest absolute Gasteiger partial charge is 0.492 e. The zero-order valence-corrected chi connectivity index (χ0v) is 10.0. The molecule has 2 aromatic rings. The minimum absolute atomic E-state index is 0.536. The van der Waals surface area contributed by atoms with Gasteiger partial charge in [-0.05, 0) is 35.7 Å². The summed E-state index contributed by atoms with van der Waals surface area (Å²) in [4.78, 5) is 0. The zero-order valence-electron chi connectivity index (χ0n) is 10.0. The number of hydrogen-bond donors (Lipinski definition) is 1. The maximum atomic E-state index is 5.53. The van der Waals surface area contributed by atoms with Gasteiger partial charge in [-0.25, -0.2) is 0 Å². The first-order valence-electron chi connectivity index (χ1n) is 5.80. The summed E-state index contributed by atoms with van der Waals surface area (Å²) in [6.45, 7) is 3.20. The van der Waals surface area contributed by atoms with Gasteiger partial charge >= 0.3 is 0 Å². The highest BCUT2D eigenvalue weighted by atomic mass is 16.5. The molecule has 0 saturated heterocycles. The van der Waals surface area contributed by atoms with Gasteiger partial charge in [-0.1, -0.05) is 36.4 Å². The van der Waals surface area contributed by atoms with Crippen molar-refractivity contribution >= 4 is 0 Å². The van der Waals surface area contributed by atoms with E-state index < -0.39 is 0 Å². The minimum atomic E-state index is 0.536. The van der Waals surface area contributed by atoms with Crippen LogP contribution in [0, 0.1) is 6.92 Å². The lowest BCUT2D eigenvalue weighted by molar-refractivity contribution is 0.328. The quantitative estimate of drug-likeness (QED) is 0.871. The van der Waals surface area contributed by atoms with Gasteiger partial charge in [0.05, 0.1) is 0 Å². The lowest BCUT2D eigenvalue weighted by Crippen LogP contribution is -2.10. The van der Waals surface area contributed by atoms with Crippen molar-refractivity contribution < 1.29 is 4.74 Å². The average molecular weight is 227 g/mol. The third-order valence-corrected chi connectivity index (χ3v) is 2.68. The van der Waals surface area contributed by atoms with Crippen molar-refractivity contribution in [2.75, 3.05) is 13.2 Å². The standard InChI is InChI=1S/C15H17NO/c1-12-5-2-3-8-15(12)13-6-4-7-14(11-13)17-10-9-16/h2-8,11H,9-10,16H2,1H3. The van der Waals surface area contributed by atoms with E-state index in [-0.39, 0.29) is 0 Å². The summed E-state index contributed by atoms with van der Waals surface area (Å²) < 4.78 is 5.53. The van der Waals surface area contributed by atoms with Crippen LogP contribution in [0.15, 0.2) is 48.5 Å². The van der Waals surface area contributed by atoms with Crippen LogP contribution in [0.25, 0.3) is 11.1 Å². The lowest BCUT2D eigenvalue weighted by atomic mass is 10.0. The van der Waals surface area contributed by atoms with Gasteiger partial charge in [-0.2, -0.15) is 0 Å². The zero-order chi connectivity index (χ0) is 12.1. The molecule has 0 saturated carbocycles. The maximum Gasteiger partial charge on any atom is 0.119 e. The molecule has 0 aliphatic rings. The Labute approximate surface area is 102 Å². The normalized spacial score (nSPS) is 10.2. The summed E-state index contributed by atoms with van der Waals surface area (Å²) in [6.07, 6.45) is 0. The fourth-order valence-corrected chi connectivity index (χ4v) is 1.83. The van der Waals surface area contributed by atoms with Crippen molar-refractivity contribution in [3.8, 4) is 16.9 Å². The fourth-order valence-electron chi connectivity index (χ4n) is 1.83. The predicted molar refractivity (Wildman–Crippen MR) is 71.2 cm³/mol. The van der Waals surface area contributed by atoms with E-state index in [1.54, 1.807) is 0 Å². The molecule has 0 fully saturated rings. The smallest absolute Gasteiger partial charge is 0.119 e. The molecule has 17 heavy (non-hydrogen) atoms. The third kappa shape index (κ3) is 2.86. The van der Waals surface area contributed by atoms with Gasteiger partial charge in [0.25, 0.3) is 0 Å². The summed E-state index contributed by atoms with van der Waals surface area (Å²) in [5, 5.41) is 0. The van der Waals surface area contributed by atoms with Crippen LogP contribution in [-0.4, -0.2) is 13.2 Å². The summed E-state index contributed by atoms with van der Waals surface area (Å²) in [7, 11) is 0. The molecular formula is C15H17NO. The SMILES string of the molecule is Cc1ccccc1-c1cccc(OCCN)c1. The molecule has 2 N–H and O–H groups in total. The van der Waals surface area contributed by atoms with Crippen molar-refractivity contribution in [2.45, 2.75) is 6.92 Å². The van der Waals surface area contributed by atoms with Gasteiger partial charge in [0.1, 0.15) is 12.4 Å². The number of ether oxygens (including phenoxy) is 1. The first-order chi connectivity index (χ1) is 8.31. The van der Waals surface area contributed by atoms with Gasteiger partial charge in [-0.3, -0.25) is 0 Å². The van der Waals surface area contributed by atoms with E-state index in [2.05, 4.69) is 37.3 Å². The molecule has 2 heteroatoms. The Morgan fingerprint density at radius 3 is 2.65 bits per heavy atom. The number of nitrogens with two attached hydrogens (primary N) is 1. The minimum Gasteiger partial charge on any atom is -0.492 e. The van der Waals surface area contributed by atoms with E-state index in [1.807, 2.05) is 18.2 Å². The van der Waals surface area contributed by atoms with Crippen molar-refractivity contribution in [3.63, 3.8) is 0 Å². The Kier molecular flexibility index (Phi) is 3.78. The van der Waals surface area contributed by atoms with Gasteiger partial charge in [0.15, 0.2) is 0 Å². The molecule has 0 spiro atoms. The van der Waals surface area contributed by atoms with Gasteiger partial charge < -0.3 is 10.5 Å². The van der Waals surface area contributed by atoms with Crippen LogP contribution in [-0.2, 0) is 0 Å². The van der Waals surface area contributed by atoms with Crippen LogP contribution in [0.1, 0.15) is 5.56 Å². The van der Waals surface area contributed by atoms with Gasteiger partial charge in [0, 0.05) is 6.54 Å². The molecule has 2 aromatic carbocycles. The van der Waals surface area contributed by atoms with Crippen LogP contribution in [0.5, 0.6) is 5.75 Å². The maximum absolute atomic E-state index is 5.53. The number of aryl methyl sites for hydroxylation is 1. The van der Waals surface area contributed by atoms with Crippen LogP contribution in [0.2, 0.25) is 0 Å². The average Bonchev–Trinajstić information content (AvgIpc) is 2.37. The second-order valence-electron chi connectivity index (χ2n) is 3.98. The Morgan fingerprint density at radius 2 is 1.88 bits per heavy atom. The summed E-state index contributed by atoms with van der Waals surface area (Å²) >= 11 is 0. The van der Waals surface area contributed by atoms with Crippen molar-refractivity contribution in [1.29, 1.82) is 0 Å². The summed E-state index contributed by atoms with van der Waals surface area (Å²) in [5.74, 6) is 0.871. The highest BCUT2D eigenvalue weighted by Gasteiger charge is 2.02. The van der Waals surface area contributed by atoms with E-state index in [0.717, 1.165) is 5.75 Å². The molecule has 0 unspecified atom stereocenters. The lowest BCUT2D eigenvalue weighted by Gasteiger charge is -2.09. The van der Waals surface area contributed by atoms with Gasteiger partial charge in [0.2, 0.25) is 0 Å². The molecule has 0 bridgehead atoms. The second-order valence-corrected chi connectivity index (χ2v) is 3.98. The fraction of sp³-hybridized carbons (Fsp3) is 0.200. The molecule has 2 nitrogen and oxygen atoms in total. The van der Waals surface area contributed by atoms with Crippen LogP contribution < -0.4 is 10.5 Å². The third-order valence-electron chi connectivity index (χ3n) is 2.68. The molecule has 0 amide bonds.